The van der Waals surface area contributed by atoms with E-state index in [1.807, 2.05) is 64.9 Å². The quantitative estimate of drug-likeness (QED) is 0.516. The Morgan fingerprint density at radius 1 is 0.871 bits per heavy atom. The van der Waals surface area contributed by atoms with Crippen LogP contribution in [-0.4, -0.2) is 56.6 Å². The van der Waals surface area contributed by atoms with Crippen LogP contribution in [0.5, 0.6) is 0 Å². The first-order valence-electron chi connectivity index (χ1n) is 10.5. The average Bonchev–Trinajstić information content (AvgIpc) is 3.15. The molecule has 0 atom stereocenters. The second kappa shape index (κ2) is 7.83. The minimum absolute atomic E-state index is 0.0248. The van der Waals surface area contributed by atoms with Crippen LogP contribution in [0.15, 0.2) is 60.8 Å². The summed E-state index contributed by atoms with van der Waals surface area (Å²) in [4.78, 5) is 21.8. The molecule has 0 radical (unpaired) electrons. The van der Waals surface area contributed by atoms with Gasteiger partial charge in [0.05, 0.1) is 11.4 Å². The van der Waals surface area contributed by atoms with Crippen molar-refractivity contribution in [1.29, 1.82) is 0 Å². The molecule has 0 bridgehead atoms. The lowest BCUT2D eigenvalue weighted by molar-refractivity contribution is 0.0738. The lowest BCUT2D eigenvalue weighted by atomic mass is 10.1. The van der Waals surface area contributed by atoms with Crippen molar-refractivity contribution >= 4 is 17.4 Å². The van der Waals surface area contributed by atoms with Gasteiger partial charge in [0.15, 0.2) is 5.82 Å². The molecule has 31 heavy (non-hydrogen) atoms. The second-order valence-electron chi connectivity index (χ2n) is 7.85. The Morgan fingerprint density at radius 3 is 2.39 bits per heavy atom. The van der Waals surface area contributed by atoms with Crippen molar-refractivity contribution in [3.63, 3.8) is 0 Å². The molecule has 1 aliphatic rings. The lowest BCUT2D eigenvalue weighted by Crippen LogP contribution is -2.49. The van der Waals surface area contributed by atoms with E-state index in [9.17, 15) is 4.79 Å². The summed E-state index contributed by atoms with van der Waals surface area (Å²) in [5.74, 6) is 0.868. The normalized spacial score (nSPS) is 14.3. The maximum Gasteiger partial charge on any atom is 0.272 e. The Balaban J connectivity index is 1.29. The predicted molar refractivity (Wildman–Crippen MR) is 120 cm³/mol. The van der Waals surface area contributed by atoms with Crippen molar-refractivity contribution in [3.8, 4) is 11.3 Å². The highest BCUT2D eigenvalue weighted by atomic mass is 16.2. The summed E-state index contributed by atoms with van der Waals surface area (Å²) in [6, 6.07) is 18.0. The average molecular weight is 412 g/mol. The maximum atomic E-state index is 13.2. The Labute approximate surface area is 181 Å². The number of pyridine rings is 1. The van der Waals surface area contributed by atoms with E-state index in [1.165, 1.54) is 5.56 Å². The standard InChI is InChI=1S/C24H24N6O/c1-17-7-3-4-8-19(17)20-10-11-22(27-26-20)28-13-15-29(16-14-28)24(31)23-18(2)25-21-9-5-6-12-30(21)23/h3-12H,13-16H2,1-2H3. The Morgan fingerprint density at radius 2 is 1.65 bits per heavy atom. The van der Waals surface area contributed by atoms with Gasteiger partial charge in [0.25, 0.3) is 5.91 Å². The highest BCUT2D eigenvalue weighted by Gasteiger charge is 2.26. The van der Waals surface area contributed by atoms with Gasteiger partial charge in [0, 0.05) is 37.9 Å². The summed E-state index contributed by atoms with van der Waals surface area (Å²) in [6.07, 6.45) is 1.89. The van der Waals surface area contributed by atoms with Gasteiger partial charge in [-0.2, -0.15) is 0 Å². The molecule has 5 rings (SSSR count). The van der Waals surface area contributed by atoms with E-state index in [0.717, 1.165) is 41.5 Å². The number of fused-ring (bicyclic) bond motifs is 1. The molecule has 1 aliphatic heterocycles. The number of benzene rings is 1. The predicted octanol–water partition coefficient (Wildman–Crippen LogP) is 3.37. The molecule has 0 N–H and O–H groups in total. The lowest BCUT2D eigenvalue weighted by Gasteiger charge is -2.35. The molecule has 7 nitrogen and oxygen atoms in total. The van der Waals surface area contributed by atoms with Crippen LogP contribution in [0.4, 0.5) is 5.82 Å². The van der Waals surface area contributed by atoms with Crippen molar-refractivity contribution in [2.45, 2.75) is 13.8 Å². The van der Waals surface area contributed by atoms with Gasteiger partial charge in [-0.3, -0.25) is 9.20 Å². The third kappa shape index (κ3) is 3.52. The first-order valence-corrected chi connectivity index (χ1v) is 10.5. The number of anilines is 1. The molecule has 4 heterocycles. The summed E-state index contributed by atoms with van der Waals surface area (Å²) in [5.41, 5.74) is 5.35. The first kappa shape index (κ1) is 19.2. The smallest absolute Gasteiger partial charge is 0.272 e. The molecule has 0 unspecified atom stereocenters. The third-order valence-electron chi connectivity index (χ3n) is 5.87. The van der Waals surface area contributed by atoms with E-state index in [4.69, 9.17) is 0 Å². The molecule has 4 aromatic rings. The van der Waals surface area contributed by atoms with Crippen LogP contribution in [0, 0.1) is 13.8 Å². The number of rotatable bonds is 3. The SMILES string of the molecule is Cc1ccccc1-c1ccc(N2CCN(C(=O)c3c(C)nc4ccccn34)CC2)nn1. The van der Waals surface area contributed by atoms with E-state index in [-0.39, 0.29) is 5.91 Å². The maximum absolute atomic E-state index is 13.2. The van der Waals surface area contributed by atoms with Gasteiger partial charge in [0.2, 0.25) is 0 Å². The van der Waals surface area contributed by atoms with Crippen molar-refractivity contribution in [2.24, 2.45) is 0 Å². The molecule has 1 amide bonds. The number of aryl methyl sites for hydroxylation is 2. The number of carbonyl (C=O) groups excluding carboxylic acids is 1. The number of carbonyl (C=O) groups is 1. The van der Waals surface area contributed by atoms with Crippen LogP contribution in [0.1, 0.15) is 21.7 Å². The molecule has 0 spiro atoms. The van der Waals surface area contributed by atoms with Gasteiger partial charge < -0.3 is 9.80 Å². The number of hydrogen-bond acceptors (Lipinski definition) is 5. The number of amides is 1. The highest BCUT2D eigenvalue weighted by molar-refractivity contribution is 5.94. The number of imidazole rings is 1. The van der Waals surface area contributed by atoms with Gasteiger partial charge in [0.1, 0.15) is 11.3 Å². The van der Waals surface area contributed by atoms with E-state index in [2.05, 4.69) is 39.1 Å². The largest absolute Gasteiger partial charge is 0.352 e. The van der Waals surface area contributed by atoms with Gasteiger partial charge in [-0.15, -0.1) is 10.2 Å². The van der Waals surface area contributed by atoms with E-state index >= 15 is 0 Å². The fourth-order valence-corrected chi connectivity index (χ4v) is 4.16. The van der Waals surface area contributed by atoms with E-state index < -0.39 is 0 Å². The molecular weight excluding hydrogens is 388 g/mol. The van der Waals surface area contributed by atoms with Crippen LogP contribution in [0.25, 0.3) is 16.9 Å². The molecule has 3 aromatic heterocycles. The Bertz CT molecular complexity index is 1240. The molecule has 156 valence electrons. The van der Waals surface area contributed by atoms with E-state index in [1.54, 1.807) is 0 Å². The second-order valence-corrected chi connectivity index (χ2v) is 7.85. The molecule has 1 saturated heterocycles. The zero-order chi connectivity index (χ0) is 21.4. The number of aromatic nitrogens is 4. The summed E-state index contributed by atoms with van der Waals surface area (Å²) in [6.45, 7) is 6.69. The third-order valence-corrected chi connectivity index (χ3v) is 5.87. The van der Waals surface area contributed by atoms with Gasteiger partial charge in [-0.05, 0) is 43.7 Å². The molecular formula is C24H24N6O. The van der Waals surface area contributed by atoms with Crippen molar-refractivity contribution in [1.82, 2.24) is 24.5 Å². The van der Waals surface area contributed by atoms with Gasteiger partial charge in [-0.25, -0.2) is 4.98 Å². The summed E-state index contributed by atoms with van der Waals surface area (Å²) >= 11 is 0. The number of hydrogen-bond donors (Lipinski definition) is 0. The molecule has 1 fully saturated rings. The van der Waals surface area contributed by atoms with Crippen LogP contribution in [0.2, 0.25) is 0 Å². The van der Waals surface area contributed by atoms with Crippen LogP contribution >= 0.6 is 0 Å². The van der Waals surface area contributed by atoms with E-state index in [0.29, 0.717) is 18.8 Å². The molecule has 0 aliphatic carbocycles. The minimum atomic E-state index is 0.0248. The van der Waals surface area contributed by atoms with Crippen molar-refractivity contribution < 1.29 is 4.79 Å². The molecule has 7 heteroatoms. The highest BCUT2D eigenvalue weighted by Crippen LogP contribution is 2.23. The monoisotopic (exact) mass is 412 g/mol. The van der Waals surface area contributed by atoms with Gasteiger partial charge in [-0.1, -0.05) is 30.3 Å². The van der Waals surface area contributed by atoms with Crippen molar-refractivity contribution in [3.05, 3.63) is 77.7 Å². The topological polar surface area (TPSA) is 66.6 Å². The van der Waals surface area contributed by atoms with Crippen LogP contribution < -0.4 is 4.90 Å². The number of nitrogens with zero attached hydrogens (tertiary/aromatic N) is 6. The minimum Gasteiger partial charge on any atom is -0.352 e. The molecule has 0 saturated carbocycles. The fourth-order valence-electron chi connectivity index (χ4n) is 4.16. The van der Waals surface area contributed by atoms with Crippen LogP contribution in [0.3, 0.4) is 0 Å². The Hall–Kier alpha value is -3.74. The summed E-state index contributed by atoms with van der Waals surface area (Å²) < 4.78 is 1.87. The zero-order valence-corrected chi connectivity index (χ0v) is 17.7. The number of piperazine rings is 1. The fraction of sp³-hybridized carbons (Fsp3) is 0.250. The van der Waals surface area contributed by atoms with Gasteiger partial charge >= 0.3 is 0 Å². The van der Waals surface area contributed by atoms with Crippen molar-refractivity contribution in [2.75, 3.05) is 31.1 Å². The summed E-state index contributed by atoms with van der Waals surface area (Å²) in [5, 5.41) is 8.89. The Kier molecular flexibility index (Phi) is 4.86. The van der Waals surface area contributed by atoms with Crippen LogP contribution in [-0.2, 0) is 0 Å². The summed E-state index contributed by atoms with van der Waals surface area (Å²) in [7, 11) is 0. The molecule has 1 aromatic carbocycles. The zero-order valence-electron chi connectivity index (χ0n) is 17.7. The first-order chi connectivity index (χ1) is 15.1.